The maximum Gasteiger partial charge on any atom is 0.256 e. The van der Waals surface area contributed by atoms with Gasteiger partial charge in [0.15, 0.2) is 0 Å². The van der Waals surface area contributed by atoms with E-state index in [4.69, 9.17) is 9.47 Å². The van der Waals surface area contributed by atoms with Crippen LogP contribution in [0.25, 0.3) is 0 Å². The highest BCUT2D eigenvalue weighted by atomic mass is 16.6. The van der Waals surface area contributed by atoms with Crippen LogP contribution in [0.15, 0.2) is 61.3 Å². The highest BCUT2D eigenvalue weighted by molar-refractivity contribution is 5.99. The van der Waals surface area contributed by atoms with Crippen LogP contribution in [0.1, 0.15) is 36.0 Å². The minimum absolute atomic E-state index is 0.00466. The van der Waals surface area contributed by atoms with E-state index in [1.165, 1.54) is 50.7 Å². The van der Waals surface area contributed by atoms with E-state index in [1.807, 2.05) is 18.2 Å². The SMILES string of the molecule is C=CCNC(=O)c1cnc(Nc2ccc(N3CCC4(CCN(C)CC4)CC3)cc2)nc1Nc1cccc(OC2COC2)n1. The molecule has 0 unspecified atom stereocenters. The van der Waals surface area contributed by atoms with Gasteiger partial charge < -0.3 is 35.2 Å². The minimum Gasteiger partial charge on any atom is -0.469 e. The van der Waals surface area contributed by atoms with Crippen molar-refractivity contribution in [1.29, 1.82) is 0 Å². The van der Waals surface area contributed by atoms with Crippen molar-refractivity contribution >= 4 is 34.9 Å². The Morgan fingerprint density at radius 3 is 2.49 bits per heavy atom. The van der Waals surface area contributed by atoms with Crippen molar-refractivity contribution in [3.05, 3.63) is 66.9 Å². The molecule has 2 aromatic heterocycles. The topological polar surface area (TPSA) is 117 Å². The molecule has 3 aliphatic heterocycles. The predicted molar refractivity (Wildman–Crippen MR) is 168 cm³/mol. The van der Waals surface area contributed by atoms with Crippen molar-refractivity contribution in [2.24, 2.45) is 5.41 Å². The molecular formula is C32H40N8O3. The second-order valence-electron chi connectivity index (χ2n) is 11.7. The third-order valence-corrected chi connectivity index (χ3v) is 8.67. The molecule has 5 heterocycles. The maximum absolute atomic E-state index is 12.9. The summed E-state index contributed by atoms with van der Waals surface area (Å²) in [4.78, 5) is 31.4. The van der Waals surface area contributed by atoms with E-state index in [2.05, 4.69) is 66.5 Å². The Labute approximate surface area is 252 Å². The lowest BCUT2D eigenvalue weighted by atomic mass is 9.71. The number of likely N-dealkylation sites (tertiary alicyclic amines) is 1. The molecule has 0 aliphatic carbocycles. The van der Waals surface area contributed by atoms with Crippen LogP contribution in [-0.2, 0) is 4.74 Å². The van der Waals surface area contributed by atoms with Crippen LogP contribution in [0, 0.1) is 5.41 Å². The summed E-state index contributed by atoms with van der Waals surface area (Å²) in [7, 11) is 2.23. The summed E-state index contributed by atoms with van der Waals surface area (Å²) in [6.07, 6.45) is 8.27. The smallest absolute Gasteiger partial charge is 0.256 e. The molecule has 6 rings (SSSR count). The summed E-state index contributed by atoms with van der Waals surface area (Å²) in [6, 6.07) is 13.8. The Hall–Kier alpha value is -4.22. The number of nitrogens with zero attached hydrogens (tertiary/aromatic N) is 5. The first kappa shape index (κ1) is 28.9. The average molecular weight is 585 g/mol. The number of carbonyl (C=O) groups excluding carboxylic acids is 1. The van der Waals surface area contributed by atoms with Gasteiger partial charge in [0.1, 0.15) is 23.3 Å². The first-order chi connectivity index (χ1) is 21.0. The molecular weight excluding hydrogens is 544 g/mol. The highest BCUT2D eigenvalue weighted by Crippen LogP contribution is 2.42. The molecule has 3 N–H and O–H groups in total. The Morgan fingerprint density at radius 1 is 1.05 bits per heavy atom. The Morgan fingerprint density at radius 2 is 1.79 bits per heavy atom. The molecule has 0 atom stereocenters. The van der Waals surface area contributed by atoms with Gasteiger partial charge in [-0.1, -0.05) is 12.1 Å². The van der Waals surface area contributed by atoms with Gasteiger partial charge in [-0.3, -0.25) is 4.79 Å². The Kier molecular flexibility index (Phi) is 8.71. The normalized spacial score (nSPS) is 18.5. The summed E-state index contributed by atoms with van der Waals surface area (Å²) in [5, 5.41) is 9.25. The third kappa shape index (κ3) is 7.06. The number of benzene rings is 1. The molecule has 1 amide bonds. The Bertz CT molecular complexity index is 1410. The quantitative estimate of drug-likeness (QED) is 0.297. The van der Waals surface area contributed by atoms with Gasteiger partial charge in [0, 0.05) is 43.3 Å². The molecule has 43 heavy (non-hydrogen) atoms. The molecule has 0 radical (unpaired) electrons. The second kappa shape index (κ2) is 13.0. The number of anilines is 5. The standard InChI is InChI=1S/C32H40N8O3/c1-3-15-33-30(41)26-20-34-31(38-29(26)37-27-5-4-6-28(36-27)43-25-21-42-22-25)35-23-7-9-24(10-8-23)40-18-13-32(14-19-40)11-16-39(2)17-12-32/h3-10,20,25H,1,11-19,21-22H2,2H3,(H,33,41)(H2,34,35,36,37,38). The lowest BCUT2D eigenvalue weighted by Crippen LogP contribution is -2.46. The van der Waals surface area contributed by atoms with Crippen LogP contribution in [0.3, 0.4) is 0 Å². The fourth-order valence-corrected chi connectivity index (χ4v) is 5.80. The number of rotatable bonds is 10. The zero-order chi connectivity index (χ0) is 29.6. The van der Waals surface area contributed by atoms with Gasteiger partial charge in [-0.15, -0.1) is 6.58 Å². The summed E-state index contributed by atoms with van der Waals surface area (Å²) in [5.41, 5.74) is 2.90. The van der Waals surface area contributed by atoms with Crippen molar-refractivity contribution in [3.63, 3.8) is 0 Å². The fraction of sp³-hybridized carbons (Fsp3) is 0.438. The van der Waals surface area contributed by atoms with E-state index >= 15 is 0 Å². The molecule has 1 spiro atoms. The van der Waals surface area contributed by atoms with Crippen molar-refractivity contribution in [3.8, 4) is 5.88 Å². The average Bonchev–Trinajstić information content (AvgIpc) is 3.01. The molecule has 11 heteroatoms. The summed E-state index contributed by atoms with van der Waals surface area (Å²) >= 11 is 0. The molecule has 3 aliphatic rings. The van der Waals surface area contributed by atoms with E-state index in [1.54, 1.807) is 18.2 Å². The van der Waals surface area contributed by atoms with E-state index in [9.17, 15) is 4.79 Å². The lowest BCUT2D eigenvalue weighted by Gasteiger charge is -2.46. The molecule has 3 aromatic rings. The van der Waals surface area contributed by atoms with E-state index in [0.717, 1.165) is 18.8 Å². The number of aromatic nitrogens is 3. The molecule has 11 nitrogen and oxygen atoms in total. The Balaban J connectivity index is 1.13. The van der Waals surface area contributed by atoms with Crippen molar-refractivity contribution in [2.75, 3.05) is 68.5 Å². The zero-order valence-electron chi connectivity index (χ0n) is 24.7. The summed E-state index contributed by atoms with van der Waals surface area (Å²) in [5.74, 6) is 1.33. The second-order valence-corrected chi connectivity index (χ2v) is 11.7. The van der Waals surface area contributed by atoms with Gasteiger partial charge in [-0.25, -0.2) is 4.98 Å². The van der Waals surface area contributed by atoms with Crippen LogP contribution in [0.5, 0.6) is 5.88 Å². The third-order valence-electron chi connectivity index (χ3n) is 8.67. The van der Waals surface area contributed by atoms with Gasteiger partial charge in [0.05, 0.1) is 13.2 Å². The monoisotopic (exact) mass is 584 g/mol. The maximum atomic E-state index is 12.9. The van der Waals surface area contributed by atoms with Crippen LogP contribution in [0.2, 0.25) is 0 Å². The van der Waals surface area contributed by atoms with E-state index < -0.39 is 0 Å². The molecule has 1 aromatic carbocycles. The zero-order valence-corrected chi connectivity index (χ0v) is 24.7. The van der Waals surface area contributed by atoms with Gasteiger partial charge in [0.2, 0.25) is 11.8 Å². The number of pyridine rings is 1. The fourth-order valence-electron chi connectivity index (χ4n) is 5.80. The van der Waals surface area contributed by atoms with E-state index in [-0.39, 0.29) is 17.6 Å². The number of ether oxygens (including phenoxy) is 2. The van der Waals surface area contributed by atoms with Crippen LogP contribution < -0.4 is 25.6 Å². The first-order valence-electron chi connectivity index (χ1n) is 15.0. The van der Waals surface area contributed by atoms with Gasteiger partial charge >= 0.3 is 0 Å². The van der Waals surface area contributed by atoms with E-state index in [0.29, 0.717) is 48.6 Å². The molecule has 3 fully saturated rings. The summed E-state index contributed by atoms with van der Waals surface area (Å²) in [6.45, 7) is 9.71. The van der Waals surface area contributed by atoms with Crippen molar-refractivity contribution in [2.45, 2.75) is 31.8 Å². The largest absolute Gasteiger partial charge is 0.469 e. The molecule has 3 saturated heterocycles. The number of nitrogens with one attached hydrogen (secondary N) is 3. The lowest BCUT2D eigenvalue weighted by molar-refractivity contribution is -0.0812. The van der Waals surface area contributed by atoms with Crippen LogP contribution in [-0.4, -0.2) is 84.8 Å². The van der Waals surface area contributed by atoms with Crippen molar-refractivity contribution in [1.82, 2.24) is 25.2 Å². The molecule has 0 bridgehead atoms. The van der Waals surface area contributed by atoms with Gasteiger partial charge in [-0.2, -0.15) is 9.97 Å². The number of hydrogen-bond acceptors (Lipinski definition) is 10. The number of hydrogen-bond donors (Lipinski definition) is 3. The predicted octanol–water partition coefficient (Wildman–Crippen LogP) is 4.36. The minimum atomic E-state index is -0.319. The summed E-state index contributed by atoms with van der Waals surface area (Å²) < 4.78 is 11.0. The van der Waals surface area contributed by atoms with Gasteiger partial charge in [-0.05, 0) is 81.6 Å². The number of amides is 1. The number of piperidine rings is 2. The molecule has 226 valence electrons. The van der Waals surface area contributed by atoms with Crippen LogP contribution in [0.4, 0.5) is 29.0 Å². The molecule has 0 saturated carbocycles. The van der Waals surface area contributed by atoms with Crippen LogP contribution >= 0.6 is 0 Å². The number of carbonyl (C=O) groups is 1. The first-order valence-corrected chi connectivity index (χ1v) is 15.0. The highest BCUT2D eigenvalue weighted by Gasteiger charge is 2.36. The van der Waals surface area contributed by atoms with Crippen molar-refractivity contribution < 1.29 is 14.3 Å². The van der Waals surface area contributed by atoms with Gasteiger partial charge in [0.25, 0.3) is 5.91 Å².